The van der Waals surface area contributed by atoms with E-state index in [0.29, 0.717) is 0 Å². The van der Waals surface area contributed by atoms with Gasteiger partial charge < -0.3 is 10.1 Å². The second-order valence-corrected chi connectivity index (χ2v) is 7.50. The number of carbonyl (C=O) groups is 1. The molecule has 0 bridgehead atoms. The number of nitrogens with one attached hydrogen (secondary N) is 1. The molecule has 0 saturated heterocycles. The lowest BCUT2D eigenvalue weighted by atomic mass is 9.90. The molecule has 0 saturated carbocycles. The number of rotatable bonds is 4. The predicted molar refractivity (Wildman–Crippen MR) is 105 cm³/mol. The highest BCUT2D eigenvalue weighted by atomic mass is 32.1. The Balaban J connectivity index is 1.47. The number of thiazole rings is 1. The summed E-state index contributed by atoms with van der Waals surface area (Å²) in [5, 5.41) is 4.07. The van der Waals surface area contributed by atoms with E-state index in [0.717, 1.165) is 47.0 Å². The van der Waals surface area contributed by atoms with Crippen molar-refractivity contribution < 1.29 is 9.53 Å². The maximum Gasteiger partial charge on any atom is 0.227 e. The maximum absolute atomic E-state index is 12.7. The molecule has 4 nitrogen and oxygen atoms in total. The number of fused-ring (bicyclic) bond motifs is 1. The van der Waals surface area contributed by atoms with Crippen LogP contribution < -0.4 is 10.1 Å². The third-order valence-electron chi connectivity index (χ3n) is 4.67. The number of methoxy groups -OCH3 is 1. The van der Waals surface area contributed by atoms with Crippen LogP contribution in [0.2, 0.25) is 0 Å². The highest BCUT2D eigenvalue weighted by Crippen LogP contribution is 2.35. The summed E-state index contributed by atoms with van der Waals surface area (Å²) in [5.41, 5.74) is 3.07. The fourth-order valence-corrected chi connectivity index (χ4v) is 4.44. The summed E-state index contributed by atoms with van der Waals surface area (Å²) in [6.45, 7) is 0. The van der Waals surface area contributed by atoms with Gasteiger partial charge in [-0.2, -0.15) is 0 Å². The van der Waals surface area contributed by atoms with Crippen LogP contribution in [0.4, 0.5) is 5.69 Å². The maximum atomic E-state index is 12.7. The van der Waals surface area contributed by atoms with Crippen molar-refractivity contribution >= 4 is 22.9 Å². The summed E-state index contributed by atoms with van der Waals surface area (Å²) in [6, 6.07) is 17.7. The van der Waals surface area contributed by atoms with Crippen molar-refractivity contribution in [1.29, 1.82) is 0 Å². The lowest BCUT2D eigenvalue weighted by Crippen LogP contribution is -2.27. The second-order valence-electron chi connectivity index (χ2n) is 6.42. The average Bonchev–Trinajstić information content (AvgIpc) is 3.12. The average molecular weight is 364 g/mol. The zero-order valence-electron chi connectivity index (χ0n) is 14.6. The number of aryl methyl sites for hydroxylation is 1. The monoisotopic (exact) mass is 364 g/mol. The van der Waals surface area contributed by atoms with Crippen LogP contribution in [0.15, 0.2) is 54.6 Å². The van der Waals surface area contributed by atoms with Crippen LogP contribution in [0, 0.1) is 5.92 Å². The van der Waals surface area contributed by atoms with Crippen molar-refractivity contribution in [3.05, 3.63) is 65.2 Å². The van der Waals surface area contributed by atoms with E-state index in [1.54, 1.807) is 18.4 Å². The molecule has 1 aliphatic carbocycles. The zero-order chi connectivity index (χ0) is 17.9. The molecule has 0 aliphatic heterocycles. The second kappa shape index (κ2) is 7.30. The van der Waals surface area contributed by atoms with Gasteiger partial charge in [-0.25, -0.2) is 4.98 Å². The fraction of sp³-hybridized carbons (Fsp3) is 0.238. The van der Waals surface area contributed by atoms with Gasteiger partial charge >= 0.3 is 0 Å². The minimum Gasteiger partial charge on any atom is -0.497 e. The van der Waals surface area contributed by atoms with Crippen LogP contribution >= 0.6 is 11.3 Å². The smallest absolute Gasteiger partial charge is 0.227 e. The van der Waals surface area contributed by atoms with Crippen LogP contribution in [-0.4, -0.2) is 18.0 Å². The molecule has 1 N–H and O–H groups in total. The number of ether oxygens (including phenoxy) is 1. The molecule has 1 unspecified atom stereocenters. The van der Waals surface area contributed by atoms with Gasteiger partial charge in [-0.05, 0) is 31.4 Å². The molecule has 1 aliphatic rings. The number of nitrogens with zero attached hydrogens (tertiary/aromatic N) is 1. The Hall–Kier alpha value is -2.66. The van der Waals surface area contributed by atoms with Crippen LogP contribution in [0.25, 0.3) is 10.6 Å². The first-order chi connectivity index (χ1) is 12.7. The minimum atomic E-state index is -0.0159. The Bertz CT molecular complexity index is 921. The largest absolute Gasteiger partial charge is 0.497 e. The van der Waals surface area contributed by atoms with Crippen molar-refractivity contribution in [2.45, 2.75) is 19.3 Å². The van der Waals surface area contributed by atoms with Crippen molar-refractivity contribution in [3.8, 4) is 16.3 Å². The lowest BCUT2D eigenvalue weighted by molar-refractivity contribution is -0.120. The van der Waals surface area contributed by atoms with Gasteiger partial charge in [-0.1, -0.05) is 36.4 Å². The van der Waals surface area contributed by atoms with Gasteiger partial charge in [0.25, 0.3) is 0 Å². The van der Waals surface area contributed by atoms with Crippen molar-refractivity contribution in [2.75, 3.05) is 12.4 Å². The van der Waals surface area contributed by atoms with Crippen LogP contribution in [-0.2, 0) is 17.6 Å². The van der Waals surface area contributed by atoms with Gasteiger partial charge in [-0.3, -0.25) is 4.79 Å². The number of carbonyl (C=O) groups excluding carboxylic acids is 1. The van der Waals surface area contributed by atoms with Crippen molar-refractivity contribution in [2.24, 2.45) is 5.92 Å². The summed E-state index contributed by atoms with van der Waals surface area (Å²) in [6.07, 6.45) is 2.45. The number of benzene rings is 2. The molecule has 26 heavy (non-hydrogen) atoms. The summed E-state index contributed by atoms with van der Waals surface area (Å²) < 4.78 is 5.22. The van der Waals surface area contributed by atoms with E-state index in [-0.39, 0.29) is 11.8 Å². The summed E-state index contributed by atoms with van der Waals surface area (Å²) in [4.78, 5) is 18.7. The topological polar surface area (TPSA) is 51.2 Å². The number of aromatic nitrogens is 1. The summed E-state index contributed by atoms with van der Waals surface area (Å²) in [7, 11) is 1.62. The van der Waals surface area contributed by atoms with Gasteiger partial charge in [-0.15, -0.1) is 11.3 Å². The number of hydrogen-bond donors (Lipinski definition) is 1. The fourth-order valence-electron chi connectivity index (χ4n) is 3.25. The lowest BCUT2D eigenvalue weighted by Gasteiger charge is -2.20. The standard InChI is InChI=1S/C21H20N2O2S/c1-25-17-9-5-8-16(13-17)22-20(24)15-10-11-18-19(12-15)26-21(23-18)14-6-3-2-4-7-14/h2-9,13,15H,10-12H2,1H3,(H,22,24). The van der Waals surface area contributed by atoms with E-state index >= 15 is 0 Å². The molecule has 5 heteroatoms. The first-order valence-electron chi connectivity index (χ1n) is 8.72. The van der Waals surface area contributed by atoms with E-state index in [1.807, 2.05) is 42.5 Å². The first-order valence-corrected chi connectivity index (χ1v) is 9.53. The first kappa shape index (κ1) is 16.8. The third-order valence-corrected chi connectivity index (χ3v) is 5.84. The molecule has 0 radical (unpaired) electrons. The number of amides is 1. The Labute approximate surface area is 156 Å². The molecule has 3 aromatic rings. The normalized spacial score (nSPS) is 16.0. The Kier molecular flexibility index (Phi) is 4.71. The number of hydrogen-bond acceptors (Lipinski definition) is 4. The highest BCUT2D eigenvalue weighted by Gasteiger charge is 2.27. The zero-order valence-corrected chi connectivity index (χ0v) is 15.4. The molecule has 0 fully saturated rings. The summed E-state index contributed by atoms with van der Waals surface area (Å²) >= 11 is 1.71. The molecule has 1 aromatic heterocycles. The quantitative estimate of drug-likeness (QED) is 0.738. The molecule has 132 valence electrons. The van der Waals surface area contributed by atoms with Crippen LogP contribution in [0.1, 0.15) is 17.0 Å². The SMILES string of the molecule is COc1cccc(NC(=O)C2CCc3nc(-c4ccccc4)sc3C2)c1. The molecule has 1 atom stereocenters. The van der Waals surface area contributed by atoms with Crippen LogP contribution in [0.5, 0.6) is 5.75 Å². The molecule has 2 aromatic carbocycles. The molecule has 0 spiro atoms. The Morgan fingerprint density at radius 1 is 1.19 bits per heavy atom. The van der Waals surface area contributed by atoms with Gasteiger partial charge in [0.05, 0.1) is 12.8 Å². The molecule has 4 rings (SSSR count). The van der Waals surface area contributed by atoms with E-state index in [2.05, 4.69) is 17.4 Å². The summed E-state index contributed by atoms with van der Waals surface area (Å²) in [5.74, 6) is 0.792. The van der Waals surface area contributed by atoms with Crippen molar-refractivity contribution in [1.82, 2.24) is 4.98 Å². The molecular formula is C21H20N2O2S. The Morgan fingerprint density at radius 3 is 2.85 bits per heavy atom. The van der Waals surface area contributed by atoms with E-state index in [9.17, 15) is 4.79 Å². The molecule has 1 amide bonds. The van der Waals surface area contributed by atoms with Crippen LogP contribution in [0.3, 0.4) is 0 Å². The van der Waals surface area contributed by atoms with Gasteiger partial charge in [0.15, 0.2) is 0 Å². The Morgan fingerprint density at radius 2 is 2.04 bits per heavy atom. The van der Waals surface area contributed by atoms with E-state index in [1.165, 1.54) is 4.88 Å². The minimum absolute atomic E-state index is 0.0159. The van der Waals surface area contributed by atoms with Gasteiger partial charge in [0, 0.05) is 28.1 Å². The third kappa shape index (κ3) is 3.48. The number of anilines is 1. The van der Waals surface area contributed by atoms with Crippen molar-refractivity contribution in [3.63, 3.8) is 0 Å². The highest BCUT2D eigenvalue weighted by molar-refractivity contribution is 7.15. The van der Waals surface area contributed by atoms with E-state index in [4.69, 9.17) is 9.72 Å². The van der Waals surface area contributed by atoms with E-state index < -0.39 is 0 Å². The van der Waals surface area contributed by atoms with Gasteiger partial charge in [0.1, 0.15) is 10.8 Å². The molecule has 1 heterocycles. The molecular weight excluding hydrogens is 344 g/mol. The van der Waals surface area contributed by atoms with Gasteiger partial charge in [0.2, 0.25) is 5.91 Å². The predicted octanol–water partition coefficient (Wildman–Crippen LogP) is 4.56.